The Morgan fingerprint density at radius 2 is 2.05 bits per heavy atom. The third-order valence-electron chi connectivity index (χ3n) is 8.12. The maximum Gasteiger partial charge on any atom is 0.310 e. The number of ether oxygens (including phenoxy) is 1. The van der Waals surface area contributed by atoms with Crippen molar-refractivity contribution in [1.82, 2.24) is 14.7 Å². The SMILES string of the molecule is CCCC(=O)OC[N+]1(CCc2c(C)nc3n(c2=O)CCCC3)CCC(c2noc3cc(F)ccc23)CC1.[Cl-]. The van der Waals surface area contributed by atoms with E-state index >= 15 is 0 Å². The number of likely N-dealkylation sites (tertiary alicyclic amines) is 1. The predicted molar refractivity (Wildman–Crippen MR) is 137 cm³/mol. The van der Waals surface area contributed by atoms with Crippen LogP contribution in [-0.2, 0) is 28.9 Å². The zero-order valence-electron chi connectivity index (χ0n) is 22.2. The molecule has 0 aliphatic carbocycles. The monoisotopic (exact) mass is 546 g/mol. The number of carbonyl (C=O) groups excluding carboxylic acids is 1. The molecule has 2 aliphatic rings. The van der Waals surface area contributed by atoms with Crippen molar-refractivity contribution in [2.24, 2.45) is 0 Å². The number of nitrogens with zero attached hydrogens (tertiary/aromatic N) is 4. The second kappa shape index (κ2) is 11.9. The lowest BCUT2D eigenvalue weighted by Gasteiger charge is -2.42. The zero-order chi connectivity index (χ0) is 26.0. The van der Waals surface area contributed by atoms with Crippen LogP contribution in [0.4, 0.5) is 4.39 Å². The summed E-state index contributed by atoms with van der Waals surface area (Å²) >= 11 is 0. The van der Waals surface area contributed by atoms with Gasteiger partial charge in [0.05, 0.1) is 25.3 Å². The number of halogens is 2. The molecule has 1 aromatic carbocycles. The fourth-order valence-corrected chi connectivity index (χ4v) is 5.88. The van der Waals surface area contributed by atoms with E-state index in [0.29, 0.717) is 36.2 Å². The largest absolute Gasteiger partial charge is 1.00 e. The lowest BCUT2D eigenvalue weighted by atomic mass is 9.90. The van der Waals surface area contributed by atoms with E-state index < -0.39 is 0 Å². The molecule has 0 N–H and O–H groups in total. The Morgan fingerprint density at radius 1 is 1.26 bits per heavy atom. The maximum absolute atomic E-state index is 13.6. The summed E-state index contributed by atoms with van der Waals surface area (Å²) in [7, 11) is 0. The Kier molecular flexibility index (Phi) is 8.88. The average Bonchev–Trinajstić information content (AvgIpc) is 3.31. The third-order valence-corrected chi connectivity index (χ3v) is 8.12. The Morgan fingerprint density at radius 3 is 2.82 bits per heavy atom. The number of aromatic nitrogens is 3. The minimum absolute atomic E-state index is 0. The summed E-state index contributed by atoms with van der Waals surface area (Å²) in [4.78, 5) is 30.3. The molecule has 1 fully saturated rings. The Balaban J connectivity index is 0.00000336. The Hall–Kier alpha value is -2.78. The molecule has 1 saturated heterocycles. The minimum Gasteiger partial charge on any atom is -1.00 e. The second-order valence-corrected chi connectivity index (χ2v) is 10.6. The number of esters is 1. The van der Waals surface area contributed by atoms with Crippen molar-refractivity contribution >= 4 is 16.9 Å². The van der Waals surface area contributed by atoms with Crippen LogP contribution in [0.5, 0.6) is 0 Å². The molecule has 0 amide bonds. The number of piperidine rings is 1. The normalized spacial score (nSPS) is 21.1. The molecule has 0 saturated carbocycles. The average molecular weight is 547 g/mol. The molecule has 0 bridgehead atoms. The van der Waals surface area contributed by atoms with Crippen LogP contribution in [0.3, 0.4) is 0 Å². The number of quaternary nitrogens is 1. The van der Waals surface area contributed by atoms with Gasteiger partial charge >= 0.3 is 5.97 Å². The minimum atomic E-state index is -0.341. The quantitative estimate of drug-likeness (QED) is 0.314. The van der Waals surface area contributed by atoms with Crippen LogP contribution >= 0.6 is 0 Å². The number of aryl methyl sites for hydroxylation is 2. The van der Waals surface area contributed by atoms with Crippen molar-refractivity contribution in [3.63, 3.8) is 0 Å². The van der Waals surface area contributed by atoms with Crippen LogP contribution in [0.25, 0.3) is 11.0 Å². The molecule has 0 atom stereocenters. The van der Waals surface area contributed by atoms with Crippen LogP contribution in [0.15, 0.2) is 27.5 Å². The van der Waals surface area contributed by atoms with Crippen molar-refractivity contribution in [1.29, 1.82) is 0 Å². The molecule has 10 heteroatoms. The van der Waals surface area contributed by atoms with Crippen molar-refractivity contribution in [2.75, 3.05) is 26.4 Å². The van der Waals surface area contributed by atoms with E-state index in [-0.39, 0.29) is 35.7 Å². The number of hydrogen-bond donors (Lipinski definition) is 0. The zero-order valence-corrected chi connectivity index (χ0v) is 22.9. The molecular weight excluding hydrogens is 511 g/mol. The molecule has 5 rings (SSSR count). The summed E-state index contributed by atoms with van der Waals surface area (Å²) in [6.45, 7) is 7.22. The number of hydrogen-bond acceptors (Lipinski definition) is 6. The Bertz CT molecular complexity index is 1350. The van der Waals surface area contributed by atoms with Crippen LogP contribution in [-0.4, -0.2) is 51.5 Å². The van der Waals surface area contributed by atoms with E-state index in [9.17, 15) is 14.0 Å². The highest BCUT2D eigenvalue weighted by atomic mass is 35.5. The molecule has 2 aromatic heterocycles. The van der Waals surface area contributed by atoms with Gasteiger partial charge in [0.1, 0.15) is 11.6 Å². The van der Waals surface area contributed by atoms with Gasteiger partial charge in [0.15, 0.2) is 5.58 Å². The van der Waals surface area contributed by atoms with Gasteiger partial charge < -0.3 is 21.7 Å². The van der Waals surface area contributed by atoms with Gasteiger partial charge in [0.2, 0.25) is 6.73 Å². The fourth-order valence-electron chi connectivity index (χ4n) is 5.88. The first-order valence-corrected chi connectivity index (χ1v) is 13.5. The van der Waals surface area contributed by atoms with E-state index in [1.165, 1.54) is 12.1 Å². The summed E-state index contributed by atoms with van der Waals surface area (Å²) in [5.74, 6) is 0.558. The topological polar surface area (TPSA) is 87.2 Å². The molecule has 0 unspecified atom stereocenters. The first-order chi connectivity index (χ1) is 17.9. The first kappa shape index (κ1) is 28.2. The summed E-state index contributed by atoms with van der Waals surface area (Å²) in [5, 5.41) is 5.13. The molecule has 2 aliphatic heterocycles. The third kappa shape index (κ3) is 5.78. The highest BCUT2D eigenvalue weighted by Gasteiger charge is 2.37. The molecule has 4 heterocycles. The van der Waals surface area contributed by atoms with Crippen LogP contribution in [0.2, 0.25) is 0 Å². The maximum atomic E-state index is 13.6. The van der Waals surface area contributed by atoms with Crippen molar-refractivity contribution in [3.05, 3.63) is 57.1 Å². The molecular formula is C28H36ClFN4O4. The van der Waals surface area contributed by atoms with Gasteiger partial charge in [0, 0.05) is 67.3 Å². The van der Waals surface area contributed by atoms with Gasteiger partial charge in [-0.05, 0) is 38.3 Å². The summed E-state index contributed by atoms with van der Waals surface area (Å²) in [6, 6.07) is 4.54. The van der Waals surface area contributed by atoms with E-state index in [1.54, 1.807) is 6.07 Å². The van der Waals surface area contributed by atoms with Gasteiger partial charge in [0.25, 0.3) is 5.56 Å². The smallest absolute Gasteiger partial charge is 0.310 e. The molecule has 0 spiro atoms. The summed E-state index contributed by atoms with van der Waals surface area (Å²) in [5.41, 5.74) is 3.00. The van der Waals surface area contributed by atoms with Crippen LogP contribution < -0.4 is 18.0 Å². The van der Waals surface area contributed by atoms with Gasteiger partial charge in [-0.3, -0.25) is 18.6 Å². The van der Waals surface area contributed by atoms with E-state index in [1.807, 2.05) is 18.4 Å². The van der Waals surface area contributed by atoms with Crippen molar-refractivity contribution in [3.8, 4) is 0 Å². The highest BCUT2D eigenvalue weighted by Crippen LogP contribution is 2.35. The van der Waals surface area contributed by atoms with Gasteiger partial charge in [-0.1, -0.05) is 12.1 Å². The second-order valence-electron chi connectivity index (χ2n) is 10.6. The van der Waals surface area contributed by atoms with Crippen molar-refractivity contribution < 1.29 is 35.3 Å². The van der Waals surface area contributed by atoms with Crippen molar-refractivity contribution in [2.45, 2.75) is 77.7 Å². The van der Waals surface area contributed by atoms with E-state index in [2.05, 4.69) is 5.16 Å². The standard InChI is InChI=1S/C28H36FN4O4.ClH/c1-3-6-26(34)36-18-33(16-12-22-19(2)30-25-7-4-5-13-32(25)28(22)35)14-10-20(11-15-33)27-23-9-8-21(29)17-24(23)37-31-27;/h8-9,17,20H,3-7,10-16,18H2,1-2H3;1H/q+1;/p-1. The van der Waals surface area contributed by atoms with Crippen LogP contribution in [0, 0.1) is 12.7 Å². The van der Waals surface area contributed by atoms with Gasteiger partial charge in [-0.2, -0.15) is 0 Å². The summed E-state index contributed by atoms with van der Waals surface area (Å²) < 4.78 is 27.2. The number of fused-ring (bicyclic) bond motifs is 2. The Labute approximate surface area is 228 Å². The van der Waals surface area contributed by atoms with Gasteiger partial charge in [-0.25, -0.2) is 9.37 Å². The van der Waals surface area contributed by atoms with E-state index in [0.717, 1.165) is 86.3 Å². The number of carbonyl (C=O) groups is 1. The molecule has 206 valence electrons. The van der Waals surface area contributed by atoms with Gasteiger partial charge in [-0.15, -0.1) is 0 Å². The molecule has 38 heavy (non-hydrogen) atoms. The lowest BCUT2D eigenvalue weighted by Crippen LogP contribution is -3.00. The van der Waals surface area contributed by atoms with Crippen LogP contribution in [0.1, 0.15) is 74.1 Å². The molecule has 0 radical (unpaired) electrons. The molecule has 8 nitrogen and oxygen atoms in total. The molecule has 3 aromatic rings. The highest BCUT2D eigenvalue weighted by molar-refractivity contribution is 5.79. The first-order valence-electron chi connectivity index (χ1n) is 13.5. The number of rotatable bonds is 8. The number of benzene rings is 1. The van der Waals surface area contributed by atoms with E-state index in [4.69, 9.17) is 14.2 Å². The fraction of sp³-hybridized carbons (Fsp3) is 0.571. The lowest BCUT2D eigenvalue weighted by molar-refractivity contribution is -0.948. The predicted octanol–water partition coefficient (Wildman–Crippen LogP) is 1.41. The summed E-state index contributed by atoms with van der Waals surface area (Å²) in [6.07, 6.45) is 6.36.